The maximum atomic E-state index is 14.6. The van der Waals surface area contributed by atoms with Gasteiger partial charge in [0, 0.05) is 43.0 Å². The van der Waals surface area contributed by atoms with Crippen LogP contribution in [-0.4, -0.2) is 65.5 Å². The highest BCUT2D eigenvalue weighted by Gasteiger charge is 2.20. The minimum Gasteiger partial charge on any atom is -0.493 e. The van der Waals surface area contributed by atoms with Crippen LogP contribution >= 0.6 is 23.4 Å². The predicted octanol–water partition coefficient (Wildman–Crippen LogP) is 3.80. The first-order chi connectivity index (χ1) is 15.1. The summed E-state index contributed by atoms with van der Waals surface area (Å²) in [5.74, 6) is 2.07. The van der Waals surface area contributed by atoms with E-state index in [2.05, 4.69) is 14.9 Å². The van der Waals surface area contributed by atoms with Crippen LogP contribution in [0.3, 0.4) is 0 Å². The summed E-state index contributed by atoms with van der Waals surface area (Å²) in [5, 5.41) is 0.485. The normalized spacial score (nSPS) is 19.2. The minimum absolute atomic E-state index is 0.0125. The van der Waals surface area contributed by atoms with Crippen molar-refractivity contribution >= 4 is 34.3 Å². The molecule has 0 aliphatic carbocycles. The van der Waals surface area contributed by atoms with E-state index in [0.29, 0.717) is 46.5 Å². The van der Waals surface area contributed by atoms with E-state index in [1.165, 1.54) is 6.07 Å². The summed E-state index contributed by atoms with van der Waals surface area (Å²) in [6.45, 7) is 5.03. The van der Waals surface area contributed by atoms with Gasteiger partial charge in [-0.05, 0) is 44.7 Å². The Labute approximate surface area is 190 Å². The van der Waals surface area contributed by atoms with Gasteiger partial charge in [0.15, 0.2) is 0 Å². The third kappa shape index (κ3) is 6.12. The molecule has 0 amide bonds. The Morgan fingerprint density at radius 1 is 1.26 bits per heavy atom. The van der Waals surface area contributed by atoms with E-state index in [1.807, 2.05) is 0 Å². The summed E-state index contributed by atoms with van der Waals surface area (Å²) in [6.07, 6.45) is 4.08. The van der Waals surface area contributed by atoms with Crippen molar-refractivity contribution < 1.29 is 13.9 Å². The van der Waals surface area contributed by atoms with Gasteiger partial charge in [-0.2, -0.15) is 11.8 Å². The Hall–Kier alpha value is -1.35. The van der Waals surface area contributed by atoms with E-state index in [9.17, 15) is 9.18 Å². The van der Waals surface area contributed by atoms with Crippen LogP contribution in [0, 0.1) is 11.7 Å². The highest BCUT2D eigenvalue weighted by molar-refractivity contribution is 7.99. The quantitative estimate of drug-likeness (QED) is 0.593. The number of H-pyrrole nitrogens is 1. The van der Waals surface area contributed by atoms with E-state index in [4.69, 9.17) is 21.1 Å². The number of aromatic amines is 1. The molecule has 2 aliphatic heterocycles. The van der Waals surface area contributed by atoms with Crippen molar-refractivity contribution in [1.82, 2.24) is 14.9 Å². The molecule has 1 aromatic heterocycles. The minimum atomic E-state index is -0.596. The lowest BCUT2D eigenvalue weighted by molar-refractivity contribution is 0.1000. The van der Waals surface area contributed by atoms with Crippen LogP contribution in [0.2, 0.25) is 0 Å². The van der Waals surface area contributed by atoms with Gasteiger partial charge in [0.1, 0.15) is 22.8 Å². The zero-order valence-electron chi connectivity index (χ0n) is 17.6. The standard InChI is InChI=1S/C22H29ClFN3O3S/c23-5-8-27-6-1-15(2-7-27)13-30-16-11-18(24)21-19(12-16)25-20(26-22(21)28)14-31-17-3-9-29-10-4-17/h11-12,15,17H,1-10,13-14H2,(H,25,26,28). The van der Waals surface area contributed by atoms with Gasteiger partial charge in [-0.3, -0.25) is 4.79 Å². The average Bonchev–Trinajstić information content (AvgIpc) is 2.78. The number of thioether (sulfide) groups is 1. The lowest BCUT2D eigenvalue weighted by atomic mass is 9.98. The number of ether oxygens (including phenoxy) is 2. The Bertz CT molecular complexity index is 930. The first-order valence-corrected chi connectivity index (χ1v) is 12.5. The summed E-state index contributed by atoms with van der Waals surface area (Å²) in [5.41, 5.74) is -0.0958. The molecule has 0 unspecified atom stereocenters. The maximum Gasteiger partial charge on any atom is 0.261 e. The number of rotatable bonds is 8. The molecule has 2 fully saturated rings. The molecule has 1 aromatic carbocycles. The Kier molecular flexibility index (Phi) is 8.09. The number of halogens is 2. The summed E-state index contributed by atoms with van der Waals surface area (Å²) < 4.78 is 25.9. The molecule has 0 saturated carbocycles. The van der Waals surface area contributed by atoms with E-state index in [1.54, 1.807) is 17.8 Å². The highest BCUT2D eigenvalue weighted by Crippen LogP contribution is 2.26. The Morgan fingerprint density at radius 2 is 2.03 bits per heavy atom. The number of nitrogens with zero attached hydrogens (tertiary/aromatic N) is 2. The van der Waals surface area contributed by atoms with Crippen LogP contribution in [0.15, 0.2) is 16.9 Å². The second-order valence-corrected chi connectivity index (χ2v) is 9.89. The molecule has 6 nitrogen and oxygen atoms in total. The van der Waals surface area contributed by atoms with E-state index >= 15 is 0 Å². The summed E-state index contributed by atoms with van der Waals surface area (Å²) in [7, 11) is 0. The van der Waals surface area contributed by atoms with Gasteiger partial charge in [0.2, 0.25) is 0 Å². The fourth-order valence-corrected chi connectivity index (χ4v) is 5.44. The number of piperidine rings is 1. The van der Waals surface area contributed by atoms with Crippen LogP contribution in [0.1, 0.15) is 31.5 Å². The van der Waals surface area contributed by atoms with Crippen LogP contribution in [0.5, 0.6) is 5.75 Å². The third-order valence-corrected chi connectivity index (χ3v) is 7.55. The van der Waals surface area contributed by atoms with Gasteiger partial charge in [-0.1, -0.05) is 0 Å². The highest BCUT2D eigenvalue weighted by atomic mass is 35.5. The topological polar surface area (TPSA) is 67.5 Å². The lowest BCUT2D eigenvalue weighted by Crippen LogP contribution is -2.36. The number of hydrogen-bond donors (Lipinski definition) is 1. The summed E-state index contributed by atoms with van der Waals surface area (Å²) >= 11 is 7.58. The van der Waals surface area contributed by atoms with Crippen molar-refractivity contribution in [3.05, 3.63) is 34.1 Å². The van der Waals surface area contributed by atoms with E-state index < -0.39 is 11.4 Å². The van der Waals surface area contributed by atoms with Crippen LogP contribution in [0.4, 0.5) is 4.39 Å². The zero-order valence-corrected chi connectivity index (χ0v) is 19.2. The Morgan fingerprint density at radius 3 is 2.77 bits per heavy atom. The molecular weight excluding hydrogens is 441 g/mol. The van der Waals surface area contributed by atoms with Crippen molar-refractivity contribution in [2.45, 2.75) is 36.7 Å². The van der Waals surface area contributed by atoms with E-state index in [0.717, 1.165) is 58.5 Å². The van der Waals surface area contributed by atoms with Gasteiger partial charge in [-0.15, -0.1) is 11.6 Å². The molecule has 0 atom stereocenters. The molecular formula is C22H29ClFN3O3S. The van der Waals surface area contributed by atoms with Crippen LogP contribution in [0.25, 0.3) is 10.9 Å². The molecule has 9 heteroatoms. The van der Waals surface area contributed by atoms with Crippen LogP contribution in [-0.2, 0) is 10.5 Å². The number of aromatic nitrogens is 2. The molecule has 0 radical (unpaired) electrons. The van der Waals surface area contributed by atoms with Gasteiger partial charge in [-0.25, -0.2) is 9.37 Å². The second-order valence-electron chi connectivity index (χ2n) is 8.22. The molecule has 0 spiro atoms. The molecule has 2 aliphatic rings. The van der Waals surface area contributed by atoms with Crippen molar-refractivity contribution in [1.29, 1.82) is 0 Å². The fourth-order valence-electron chi connectivity index (χ4n) is 4.15. The largest absolute Gasteiger partial charge is 0.493 e. The van der Waals surface area contributed by atoms with Crippen molar-refractivity contribution in [3.63, 3.8) is 0 Å². The smallest absolute Gasteiger partial charge is 0.261 e. The zero-order chi connectivity index (χ0) is 21.6. The van der Waals surface area contributed by atoms with Crippen molar-refractivity contribution in [2.75, 3.05) is 45.3 Å². The molecule has 1 N–H and O–H groups in total. The third-order valence-electron chi connectivity index (χ3n) is 6.00. The Balaban J connectivity index is 1.40. The molecule has 0 bridgehead atoms. The number of hydrogen-bond acceptors (Lipinski definition) is 6. The predicted molar refractivity (Wildman–Crippen MR) is 123 cm³/mol. The van der Waals surface area contributed by atoms with Crippen molar-refractivity contribution in [2.24, 2.45) is 5.92 Å². The number of alkyl halides is 1. The summed E-state index contributed by atoms with van der Waals surface area (Å²) in [6, 6.07) is 2.97. The SMILES string of the molecule is O=c1[nH]c(CSC2CCOCC2)nc2cc(OCC3CCN(CCCl)CC3)cc(F)c12. The van der Waals surface area contributed by atoms with Crippen LogP contribution < -0.4 is 10.3 Å². The fraction of sp³-hybridized carbons (Fsp3) is 0.636. The first kappa shape index (κ1) is 22.8. The van der Waals surface area contributed by atoms with Gasteiger partial charge in [0.25, 0.3) is 5.56 Å². The number of fused-ring (bicyclic) bond motifs is 1. The molecule has 2 saturated heterocycles. The maximum absolute atomic E-state index is 14.6. The molecule has 4 rings (SSSR count). The van der Waals surface area contributed by atoms with Gasteiger partial charge < -0.3 is 19.4 Å². The van der Waals surface area contributed by atoms with E-state index in [-0.39, 0.29) is 5.39 Å². The molecule has 2 aromatic rings. The second kappa shape index (κ2) is 11.0. The monoisotopic (exact) mass is 469 g/mol. The van der Waals surface area contributed by atoms with Gasteiger partial charge >= 0.3 is 0 Å². The average molecular weight is 470 g/mol. The number of nitrogens with one attached hydrogen (secondary N) is 1. The molecule has 170 valence electrons. The van der Waals surface area contributed by atoms with Gasteiger partial charge in [0.05, 0.1) is 17.9 Å². The number of likely N-dealkylation sites (tertiary alicyclic amines) is 1. The first-order valence-electron chi connectivity index (χ1n) is 11.0. The number of benzene rings is 1. The van der Waals surface area contributed by atoms with Crippen molar-refractivity contribution in [3.8, 4) is 5.75 Å². The molecule has 3 heterocycles. The lowest BCUT2D eigenvalue weighted by Gasteiger charge is -2.31. The molecule has 31 heavy (non-hydrogen) atoms. The summed E-state index contributed by atoms with van der Waals surface area (Å²) in [4.78, 5) is 22.1.